The van der Waals surface area contributed by atoms with Crippen molar-refractivity contribution in [1.29, 1.82) is 0 Å². The summed E-state index contributed by atoms with van der Waals surface area (Å²) in [6.07, 6.45) is 0. The average molecular weight is 415 g/mol. The lowest BCUT2D eigenvalue weighted by molar-refractivity contribution is 0.665. The van der Waals surface area contributed by atoms with Crippen LogP contribution in [0.1, 0.15) is 5.56 Å². The Labute approximate surface area is 186 Å². The molecule has 2 aromatic heterocycles. The van der Waals surface area contributed by atoms with Crippen LogP contribution in [0.4, 0.5) is 5.69 Å². The molecule has 0 aliphatic rings. The van der Waals surface area contributed by atoms with E-state index in [1.165, 1.54) is 11.3 Å². The number of anilines is 1. The van der Waals surface area contributed by atoms with Gasteiger partial charge in [0.05, 0.1) is 23.2 Å². The first kappa shape index (κ1) is 18.6. The minimum absolute atomic E-state index is 0.677. The predicted octanol–water partition coefficient (Wildman–Crippen LogP) is 6.40. The summed E-state index contributed by atoms with van der Waals surface area (Å²) in [6, 6.07) is 37.7. The molecule has 4 aromatic carbocycles. The summed E-state index contributed by atoms with van der Waals surface area (Å²) in [7, 11) is 0. The average Bonchev–Trinajstić information content (AvgIpc) is 3.16. The largest absolute Gasteiger partial charge is 0.349 e. The lowest BCUT2D eigenvalue weighted by atomic mass is 10.2. The Hall–Kier alpha value is -4.18. The maximum Gasteiger partial charge on any atom is 0.161 e. The zero-order valence-corrected chi connectivity index (χ0v) is 17.6. The van der Waals surface area contributed by atoms with Crippen LogP contribution < -0.4 is 4.90 Å². The van der Waals surface area contributed by atoms with Gasteiger partial charge in [-0.1, -0.05) is 78.9 Å². The maximum absolute atomic E-state index is 5.04. The number of aromatic nitrogens is 3. The van der Waals surface area contributed by atoms with Crippen molar-refractivity contribution in [3.8, 4) is 0 Å². The number of rotatable bonds is 5. The molecule has 4 heteroatoms. The zero-order valence-electron chi connectivity index (χ0n) is 17.6. The number of para-hydroxylation sites is 4. The van der Waals surface area contributed by atoms with Crippen molar-refractivity contribution in [1.82, 2.24) is 14.5 Å². The quantitative estimate of drug-likeness (QED) is 0.327. The Morgan fingerprint density at radius 1 is 0.625 bits per heavy atom. The van der Waals surface area contributed by atoms with Gasteiger partial charge in [0.2, 0.25) is 0 Å². The summed E-state index contributed by atoms with van der Waals surface area (Å²) in [5, 5.41) is 1.13. The molecule has 0 saturated carbocycles. The summed E-state index contributed by atoms with van der Waals surface area (Å²) in [4.78, 5) is 12.4. The van der Waals surface area contributed by atoms with Gasteiger partial charge in [-0.15, -0.1) is 0 Å². The molecule has 6 rings (SSSR count). The molecule has 0 unspecified atom stereocenters. The van der Waals surface area contributed by atoms with Crippen LogP contribution in [0.2, 0.25) is 0 Å². The molecule has 0 atom stereocenters. The van der Waals surface area contributed by atoms with Gasteiger partial charge >= 0.3 is 0 Å². The standard InChI is InChI=1S/C28H22N4/c1-3-11-21(12-4-1)19-31(22-13-5-2-6-14-22)20-32-26-18-10-7-15-23(26)27-28(32)30-25-17-9-8-16-24(25)29-27/h1-18H,19-20H2. The Balaban J connectivity index is 1.54. The summed E-state index contributed by atoms with van der Waals surface area (Å²) in [5.74, 6) is 0. The number of benzene rings is 4. The van der Waals surface area contributed by atoms with Crippen LogP contribution in [0.5, 0.6) is 0 Å². The minimum atomic E-state index is 0.677. The van der Waals surface area contributed by atoms with Crippen molar-refractivity contribution in [3.63, 3.8) is 0 Å². The van der Waals surface area contributed by atoms with Crippen molar-refractivity contribution >= 4 is 38.8 Å². The van der Waals surface area contributed by atoms with Crippen LogP contribution >= 0.6 is 0 Å². The molecule has 4 nitrogen and oxygen atoms in total. The first-order valence-corrected chi connectivity index (χ1v) is 10.8. The molecule has 0 aliphatic heterocycles. The van der Waals surface area contributed by atoms with E-state index in [-0.39, 0.29) is 0 Å². The van der Waals surface area contributed by atoms with Crippen LogP contribution in [0, 0.1) is 0 Å². The van der Waals surface area contributed by atoms with Gasteiger partial charge in [0.25, 0.3) is 0 Å². The van der Waals surface area contributed by atoms with Gasteiger partial charge in [0.1, 0.15) is 5.52 Å². The number of hydrogen-bond donors (Lipinski definition) is 0. The normalized spacial score (nSPS) is 11.4. The highest BCUT2D eigenvalue weighted by atomic mass is 15.3. The zero-order chi connectivity index (χ0) is 21.3. The second kappa shape index (κ2) is 7.82. The molecule has 0 spiro atoms. The van der Waals surface area contributed by atoms with Gasteiger partial charge in [-0.05, 0) is 35.9 Å². The molecule has 2 heterocycles. The molecule has 0 amide bonds. The molecular formula is C28H22N4. The van der Waals surface area contributed by atoms with Gasteiger partial charge in [0.15, 0.2) is 5.65 Å². The van der Waals surface area contributed by atoms with Crippen molar-refractivity contribution in [2.45, 2.75) is 13.2 Å². The minimum Gasteiger partial charge on any atom is -0.349 e. The van der Waals surface area contributed by atoms with Gasteiger partial charge < -0.3 is 9.47 Å². The monoisotopic (exact) mass is 414 g/mol. The van der Waals surface area contributed by atoms with E-state index in [0.717, 1.165) is 39.6 Å². The van der Waals surface area contributed by atoms with E-state index in [2.05, 4.69) is 94.4 Å². The Bertz CT molecular complexity index is 1520. The van der Waals surface area contributed by atoms with Gasteiger partial charge in [-0.3, -0.25) is 0 Å². The van der Waals surface area contributed by atoms with E-state index in [0.29, 0.717) is 6.67 Å². The molecule has 0 radical (unpaired) electrons. The molecule has 0 aliphatic carbocycles. The highest BCUT2D eigenvalue weighted by Crippen LogP contribution is 2.29. The fourth-order valence-corrected chi connectivity index (χ4v) is 4.36. The molecule has 6 aromatic rings. The van der Waals surface area contributed by atoms with Gasteiger partial charge in [-0.2, -0.15) is 0 Å². The first-order chi connectivity index (χ1) is 15.9. The molecule has 0 fully saturated rings. The highest BCUT2D eigenvalue weighted by molar-refractivity contribution is 6.06. The molecular weight excluding hydrogens is 392 g/mol. The predicted molar refractivity (Wildman–Crippen MR) is 132 cm³/mol. The second-order valence-electron chi connectivity index (χ2n) is 7.99. The van der Waals surface area contributed by atoms with E-state index < -0.39 is 0 Å². The summed E-state index contributed by atoms with van der Waals surface area (Å²) < 4.78 is 2.29. The molecule has 32 heavy (non-hydrogen) atoms. The molecule has 0 N–H and O–H groups in total. The Morgan fingerprint density at radius 2 is 1.25 bits per heavy atom. The van der Waals surface area contributed by atoms with Crippen LogP contribution in [-0.2, 0) is 13.2 Å². The van der Waals surface area contributed by atoms with E-state index in [1.807, 2.05) is 24.3 Å². The lowest BCUT2D eigenvalue weighted by Gasteiger charge is -2.26. The summed E-state index contributed by atoms with van der Waals surface area (Å²) >= 11 is 0. The third-order valence-corrected chi connectivity index (χ3v) is 5.91. The Kier molecular flexibility index (Phi) is 4.54. The van der Waals surface area contributed by atoms with E-state index in [4.69, 9.17) is 9.97 Å². The van der Waals surface area contributed by atoms with Crippen LogP contribution in [0.3, 0.4) is 0 Å². The summed E-state index contributed by atoms with van der Waals surface area (Å²) in [6.45, 7) is 1.48. The van der Waals surface area contributed by atoms with Crippen molar-refractivity contribution in [2.24, 2.45) is 0 Å². The summed E-state index contributed by atoms with van der Waals surface area (Å²) in [5.41, 5.74) is 7.30. The van der Waals surface area contributed by atoms with Crippen LogP contribution in [0.25, 0.3) is 33.1 Å². The fraction of sp³-hybridized carbons (Fsp3) is 0.0714. The van der Waals surface area contributed by atoms with E-state index in [1.54, 1.807) is 0 Å². The third-order valence-electron chi connectivity index (χ3n) is 5.91. The van der Waals surface area contributed by atoms with Gasteiger partial charge in [0, 0.05) is 17.6 Å². The fourth-order valence-electron chi connectivity index (χ4n) is 4.36. The third kappa shape index (κ3) is 3.26. The topological polar surface area (TPSA) is 34.0 Å². The smallest absolute Gasteiger partial charge is 0.161 e. The molecule has 0 saturated heterocycles. The lowest BCUT2D eigenvalue weighted by Crippen LogP contribution is -2.25. The number of nitrogens with zero attached hydrogens (tertiary/aromatic N) is 4. The van der Waals surface area contributed by atoms with E-state index in [9.17, 15) is 0 Å². The SMILES string of the molecule is c1ccc(CN(Cn2c3ccccc3c3nc4ccccc4nc32)c2ccccc2)cc1. The second-order valence-corrected chi connectivity index (χ2v) is 7.99. The highest BCUT2D eigenvalue weighted by Gasteiger charge is 2.17. The van der Waals surface area contributed by atoms with Crippen LogP contribution in [0.15, 0.2) is 109 Å². The molecule has 0 bridgehead atoms. The number of hydrogen-bond acceptors (Lipinski definition) is 3. The van der Waals surface area contributed by atoms with Gasteiger partial charge in [-0.25, -0.2) is 9.97 Å². The van der Waals surface area contributed by atoms with Crippen molar-refractivity contribution < 1.29 is 0 Å². The maximum atomic E-state index is 5.04. The van der Waals surface area contributed by atoms with E-state index >= 15 is 0 Å². The first-order valence-electron chi connectivity index (χ1n) is 10.8. The number of fused-ring (bicyclic) bond motifs is 4. The van der Waals surface area contributed by atoms with Crippen molar-refractivity contribution in [3.05, 3.63) is 115 Å². The van der Waals surface area contributed by atoms with Crippen LogP contribution in [-0.4, -0.2) is 14.5 Å². The van der Waals surface area contributed by atoms with Crippen molar-refractivity contribution in [2.75, 3.05) is 4.90 Å². The molecule has 154 valence electrons. The Morgan fingerprint density at radius 3 is 2.03 bits per heavy atom.